The molecule has 0 aromatic carbocycles. The molecule has 0 spiro atoms. The molecule has 0 aliphatic rings. The molecule has 0 amide bonds. The first kappa shape index (κ1) is 11.5. The molecule has 1 N–H and O–H groups in total. The summed E-state index contributed by atoms with van der Waals surface area (Å²) in [5, 5.41) is 12.1. The van der Waals surface area contributed by atoms with Gasteiger partial charge >= 0.3 is 12.3 Å². The summed E-state index contributed by atoms with van der Waals surface area (Å²) in [6.07, 6.45) is -3.82. The average Bonchev–Trinajstić information content (AvgIpc) is 2.42. The lowest BCUT2D eigenvalue weighted by Gasteiger charge is -2.08. The molecule has 1 rings (SSSR count). The van der Waals surface area contributed by atoms with E-state index in [1.807, 2.05) is 0 Å². The topological polar surface area (TPSA) is 64.4 Å². The Morgan fingerprint density at radius 3 is 2.73 bits per heavy atom. The molecule has 0 bridgehead atoms. The van der Waals surface area contributed by atoms with E-state index in [1.165, 1.54) is 7.05 Å². The minimum absolute atomic E-state index is 0.139. The predicted octanol–water partition coefficient (Wildman–Crippen LogP) is 1.15. The van der Waals surface area contributed by atoms with Crippen LogP contribution in [0.5, 0.6) is 0 Å². The van der Waals surface area contributed by atoms with Gasteiger partial charge in [-0.1, -0.05) is 0 Å². The van der Waals surface area contributed by atoms with E-state index in [0.29, 0.717) is 0 Å². The van der Waals surface area contributed by atoms with Crippen molar-refractivity contribution in [2.45, 2.75) is 13.0 Å². The number of halogens is 3. The van der Waals surface area contributed by atoms with Gasteiger partial charge in [-0.2, -0.15) is 5.10 Å². The van der Waals surface area contributed by atoms with Gasteiger partial charge in [0.1, 0.15) is 5.56 Å². The highest BCUT2D eigenvalue weighted by Gasteiger charge is 2.30. The van der Waals surface area contributed by atoms with Crippen LogP contribution < -0.4 is 0 Å². The maximum absolute atomic E-state index is 11.7. The number of aryl methyl sites for hydroxylation is 1. The number of ether oxygens (including phenoxy) is 1. The van der Waals surface area contributed by atoms with Crippen LogP contribution in [-0.4, -0.2) is 27.2 Å². The first-order valence-electron chi connectivity index (χ1n) is 3.76. The van der Waals surface area contributed by atoms with Crippen molar-refractivity contribution in [1.29, 1.82) is 0 Å². The third-order valence-corrected chi connectivity index (χ3v) is 1.66. The van der Waals surface area contributed by atoms with Gasteiger partial charge in [0.2, 0.25) is 0 Å². The average molecular weight is 224 g/mol. The van der Waals surface area contributed by atoms with E-state index in [-0.39, 0.29) is 11.3 Å². The molecule has 0 fully saturated rings. The Kier molecular flexibility index (Phi) is 2.98. The van der Waals surface area contributed by atoms with Gasteiger partial charge < -0.3 is 5.11 Å². The molecular formula is C7H7F3N2O3. The SMILES string of the molecule is Cn1ncc(C(=O)O)c1COC(F)(F)F. The Balaban J connectivity index is 2.84. The highest BCUT2D eigenvalue weighted by Crippen LogP contribution is 2.19. The molecule has 0 radical (unpaired) electrons. The van der Waals surface area contributed by atoms with Crippen molar-refractivity contribution in [3.05, 3.63) is 17.5 Å². The molecule has 8 heteroatoms. The van der Waals surface area contributed by atoms with Crippen LogP contribution in [0, 0.1) is 0 Å². The van der Waals surface area contributed by atoms with Gasteiger partial charge in [0, 0.05) is 7.05 Å². The number of aromatic carboxylic acids is 1. The second kappa shape index (κ2) is 3.89. The Hall–Kier alpha value is -1.57. The number of hydrogen-bond acceptors (Lipinski definition) is 3. The van der Waals surface area contributed by atoms with Crippen molar-refractivity contribution in [1.82, 2.24) is 9.78 Å². The van der Waals surface area contributed by atoms with E-state index >= 15 is 0 Å². The van der Waals surface area contributed by atoms with Crippen molar-refractivity contribution in [3.63, 3.8) is 0 Å². The van der Waals surface area contributed by atoms with Gasteiger partial charge in [0.05, 0.1) is 18.5 Å². The van der Waals surface area contributed by atoms with Gasteiger partial charge in [-0.05, 0) is 0 Å². The van der Waals surface area contributed by atoms with E-state index in [1.54, 1.807) is 0 Å². The minimum atomic E-state index is -4.79. The molecular weight excluding hydrogens is 217 g/mol. The summed E-state index contributed by atoms with van der Waals surface area (Å²) in [4.78, 5) is 10.6. The zero-order valence-electron chi connectivity index (χ0n) is 7.58. The fraction of sp³-hybridized carbons (Fsp3) is 0.429. The van der Waals surface area contributed by atoms with Gasteiger partial charge in [0.15, 0.2) is 0 Å². The zero-order chi connectivity index (χ0) is 11.6. The van der Waals surface area contributed by atoms with Crippen LogP contribution >= 0.6 is 0 Å². The summed E-state index contributed by atoms with van der Waals surface area (Å²) in [5.41, 5.74) is -0.443. The fourth-order valence-electron chi connectivity index (χ4n) is 0.963. The molecule has 1 aromatic rings. The van der Waals surface area contributed by atoms with Crippen molar-refractivity contribution >= 4 is 5.97 Å². The highest BCUT2D eigenvalue weighted by molar-refractivity contribution is 5.88. The predicted molar refractivity (Wildman–Crippen MR) is 41.0 cm³/mol. The summed E-state index contributed by atoms with van der Waals surface area (Å²) in [5.74, 6) is -1.34. The number of nitrogens with zero attached hydrogens (tertiary/aromatic N) is 2. The van der Waals surface area contributed by atoms with E-state index in [4.69, 9.17) is 5.11 Å². The van der Waals surface area contributed by atoms with Crippen LogP contribution in [0.3, 0.4) is 0 Å². The number of hydrogen-bond donors (Lipinski definition) is 1. The van der Waals surface area contributed by atoms with E-state index in [0.717, 1.165) is 10.9 Å². The first-order chi connectivity index (χ1) is 6.81. The fourth-order valence-corrected chi connectivity index (χ4v) is 0.963. The maximum atomic E-state index is 11.7. The molecule has 5 nitrogen and oxygen atoms in total. The van der Waals surface area contributed by atoms with Crippen LogP contribution in [0.15, 0.2) is 6.20 Å². The van der Waals surface area contributed by atoms with Gasteiger partial charge in [-0.25, -0.2) is 4.79 Å². The number of carbonyl (C=O) groups is 1. The molecule has 0 atom stereocenters. The largest absolute Gasteiger partial charge is 0.522 e. The van der Waals surface area contributed by atoms with Crippen molar-refractivity contribution in [2.75, 3.05) is 0 Å². The maximum Gasteiger partial charge on any atom is 0.522 e. The number of rotatable bonds is 3. The molecule has 0 saturated heterocycles. The summed E-state index contributed by atoms with van der Waals surface area (Å²) < 4.78 is 39.7. The van der Waals surface area contributed by atoms with E-state index in [2.05, 4.69) is 9.84 Å². The van der Waals surface area contributed by atoms with E-state index < -0.39 is 18.9 Å². The molecule has 1 heterocycles. The summed E-state index contributed by atoms with van der Waals surface area (Å²) in [7, 11) is 1.33. The Bertz CT molecular complexity index is 372. The summed E-state index contributed by atoms with van der Waals surface area (Å²) >= 11 is 0. The Morgan fingerprint density at radius 2 is 2.27 bits per heavy atom. The van der Waals surface area contributed by atoms with Crippen LogP contribution in [0.4, 0.5) is 13.2 Å². The number of carboxylic acid groups (broad SMARTS) is 1. The van der Waals surface area contributed by atoms with Crippen molar-refractivity contribution in [2.24, 2.45) is 7.05 Å². The third-order valence-electron chi connectivity index (χ3n) is 1.66. The standard InChI is InChI=1S/C7H7F3N2O3/c1-12-5(3-15-7(8,9)10)4(2-11-12)6(13)14/h2H,3H2,1H3,(H,13,14). The van der Waals surface area contributed by atoms with Crippen LogP contribution in [0.25, 0.3) is 0 Å². The monoisotopic (exact) mass is 224 g/mol. The lowest BCUT2D eigenvalue weighted by atomic mass is 10.2. The molecule has 0 aliphatic heterocycles. The minimum Gasteiger partial charge on any atom is -0.478 e. The number of carboxylic acids is 1. The second-order valence-corrected chi connectivity index (χ2v) is 2.67. The summed E-state index contributed by atoms with van der Waals surface area (Å²) in [6.45, 7) is -0.873. The quantitative estimate of drug-likeness (QED) is 0.836. The zero-order valence-corrected chi connectivity index (χ0v) is 7.58. The molecule has 0 saturated carbocycles. The van der Waals surface area contributed by atoms with Gasteiger partial charge in [-0.15, -0.1) is 13.2 Å². The Morgan fingerprint density at radius 1 is 1.67 bits per heavy atom. The highest BCUT2D eigenvalue weighted by atomic mass is 19.4. The molecule has 0 aliphatic carbocycles. The van der Waals surface area contributed by atoms with Crippen LogP contribution in [-0.2, 0) is 18.4 Å². The van der Waals surface area contributed by atoms with Crippen molar-refractivity contribution < 1.29 is 27.8 Å². The lowest BCUT2D eigenvalue weighted by Crippen LogP contribution is -2.16. The summed E-state index contributed by atoms with van der Waals surface area (Å²) in [6, 6.07) is 0. The molecule has 84 valence electrons. The molecule has 1 aromatic heterocycles. The van der Waals surface area contributed by atoms with Crippen LogP contribution in [0.2, 0.25) is 0 Å². The van der Waals surface area contributed by atoms with Crippen LogP contribution in [0.1, 0.15) is 16.1 Å². The number of aromatic nitrogens is 2. The first-order valence-corrected chi connectivity index (χ1v) is 3.76. The number of alkyl halides is 3. The normalized spacial score (nSPS) is 11.7. The molecule has 0 unspecified atom stereocenters. The smallest absolute Gasteiger partial charge is 0.478 e. The lowest BCUT2D eigenvalue weighted by molar-refractivity contribution is -0.330. The van der Waals surface area contributed by atoms with Gasteiger partial charge in [0.25, 0.3) is 0 Å². The third kappa shape index (κ3) is 2.94. The van der Waals surface area contributed by atoms with Crippen molar-refractivity contribution in [3.8, 4) is 0 Å². The second-order valence-electron chi connectivity index (χ2n) is 2.67. The van der Waals surface area contributed by atoms with E-state index in [9.17, 15) is 18.0 Å². The Labute approximate surface area is 82.1 Å². The molecule has 15 heavy (non-hydrogen) atoms. The van der Waals surface area contributed by atoms with Gasteiger partial charge in [-0.3, -0.25) is 9.42 Å².